The van der Waals surface area contributed by atoms with E-state index in [1.807, 2.05) is 11.0 Å². The van der Waals surface area contributed by atoms with Crippen molar-refractivity contribution in [3.05, 3.63) is 35.8 Å². The minimum atomic E-state index is -3.67. The third-order valence-electron chi connectivity index (χ3n) is 6.08. The van der Waals surface area contributed by atoms with Gasteiger partial charge in [-0.25, -0.2) is 17.8 Å². The zero-order valence-electron chi connectivity index (χ0n) is 18.8. The van der Waals surface area contributed by atoms with Crippen molar-refractivity contribution in [3.63, 3.8) is 0 Å². The molecule has 0 radical (unpaired) electrons. The second kappa shape index (κ2) is 9.17. The minimum Gasteiger partial charge on any atom is -0.492 e. The van der Waals surface area contributed by atoms with Crippen LogP contribution in [0.2, 0.25) is 0 Å². The van der Waals surface area contributed by atoms with Crippen molar-refractivity contribution in [2.45, 2.75) is 45.1 Å². The number of carbonyl (C=O) groups is 1. The number of carbonyl (C=O) groups excluding carboxylic acids is 1. The van der Waals surface area contributed by atoms with Crippen LogP contribution >= 0.6 is 0 Å². The number of sulfonamides is 1. The van der Waals surface area contributed by atoms with E-state index in [-0.39, 0.29) is 40.9 Å². The smallest absolute Gasteiger partial charge is 0.232 e. The van der Waals surface area contributed by atoms with Gasteiger partial charge in [0.2, 0.25) is 15.9 Å². The summed E-state index contributed by atoms with van der Waals surface area (Å²) < 4.78 is 47.0. The standard InChI is InChI=1S/C23H29FN4O4S/c1-3-9-33(30,31)27-19-12-15(11-18(24)21(19)32-2)17-10-16(13-26-22(17)25)20-5-4-8-28(20)23(29)14-6-7-14/h10-14,20,27H,3-9H2,1-2H3,(H2,25,26). The van der Waals surface area contributed by atoms with Crippen molar-refractivity contribution in [2.75, 3.05) is 29.9 Å². The molecule has 1 aliphatic carbocycles. The van der Waals surface area contributed by atoms with Crippen LogP contribution in [0.15, 0.2) is 24.4 Å². The van der Waals surface area contributed by atoms with E-state index in [4.69, 9.17) is 10.5 Å². The molecular weight excluding hydrogens is 447 g/mol. The Hall–Kier alpha value is -2.88. The first-order valence-corrected chi connectivity index (χ1v) is 12.8. The second-order valence-electron chi connectivity index (χ2n) is 8.63. The summed E-state index contributed by atoms with van der Waals surface area (Å²) in [4.78, 5) is 18.9. The Kier molecular flexibility index (Phi) is 6.47. The fraction of sp³-hybridized carbons (Fsp3) is 0.478. The van der Waals surface area contributed by atoms with Gasteiger partial charge < -0.3 is 15.4 Å². The average Bonchev–Trinajstić information content (AvgIpc) is 3.49. The van der Waals surface area contributed by atoms with Crippen LogP contribution in [-0.2, 0) is 14.8 Å². The second-order valence-corrected chi connectivity index (χ2v) is 10.5. The van der Waals surface area contributed by atoms with E-state index in [1.54, 1.807) is 13.1 Å². The van der Waals surface area contributed by atoms with Crippen LogP contribution in [0.25, 0.3) is 11.1 Å². The number of hydrogen-bond donors (Lipinski definition) is 2. The molecule has 1 saturated heterocycles. The number of benzene rings is 1. The molecule has 1 atom stereocenters. The Bertz CT molecular complexity index is 1170. The molecule has 2 fully saturated rings. The number of anilines is 2. The summed E-state index contributed by atoms with van der Waals surface area (Å²) >= 11 is 0. The first kappa shape index (κ1) is 23.3. The van der Waals surface area contributed by atoms with Gasteiger partial charge in [-0.2, -0.15) is 0 Å². The maximum atomic E-state index is 14.9. The molecule has 0 bridgehead atoms. The van der Waals surface area contributed by atoms with E-state index in [9.17, 15) is 17.6 Å². The number of likely N-dealkylation sites (tertiary alicyclic amines) is 1. The predicted molar refractivity (Wildman–Crippen MR) is 125 cm³/mol. The molecule has 2 heterocycles. The van der Waals surface area contributed by atoms with Crippen LogP contribution in [0.5, 0.6) is 5.75 Å². The van der Waals surface area contributed by atoms with Gasteiger partial charge in [0.15, 0.2) is 11.6 Å². The SMILES string of the molecule is CCCS(=O)(=O)Nc1cc(-c2cc(C3CCCN3C(=O)C3CC3)cnc2N)cc(F)c1OC. The zero-order valence-corrected chi connectivity index (χ0v) is 19.6. The van der Waals surface area contributed by atoms with Gasteiger partial charge >= 0.3 is 0 Å². The summed E-state index contributed by atoms with van der Waals surface area (Å²) in [5, 5.41) is 0. The first-order chi connectivity index (χ1) is 15.7. The fourth-order valence-electron chi connectivity index (χ4n) is 4.37. The lowest BCUT2D eigenvalue weighted by Gasteiger charge is -2.25. The van der Waals surface area contributed by atoms with Crippen LogP contribution in [0.4, 0.5) is 15.9 Å². The molecule has 3 N–H and O–H groups in total. The van der Waals surface area contributed by atoms with E-state index in [0.29, 0.717) is 24.1 Å². The molecule has 4 rings (SSSR count). The molecule has 1 aromatic carbocycles. The number of nitrogens with two attached hydrogens (primary N) is 1. The number of nitrogen functional groups attached to an aromatic ring is 1. The number of amides is 1. The van der Waals surface area contributed by atoms with Crippen LogP contribution in [0, 0.1) is 11.7 Å². The molecule has 1 unspecified atom stereocenters. The first-order valence-electron chi connectivity index (χ1n) is 11.2. The molecule has 8 nitrogen and oxygen atoms in total. The van der Waals surface area contributed by atoms with Gasteiger partial charge in [-0.3, -0.25) is 9.52 Å². The summed E-state index contributed by atoms with van der Waals surface area (Å²) in [6.45, 7) is 2.45. The Balaban J connectivity index is 1.72. The third kappa shape index (κ3) is 4.90. The molecule has 2 aliphatic rings. The predicted octanol–water partition coefficient (Wildman–Crippen LogP) is 3.70. The summed E-state index contributed by atoms with van der Waals surface area (Å²) in [6, 6.07) is 4.45. The Morgan fingerprint density at radius 1 is 1.30 bits per heavy atom. The van der Waals surface area contributed by atoms with Gasteiger partial charge in [0.05, 0.1) is 24.6 Å². The Labute approximate surface area is 193 Å². The number of halogens is 1. The van der Waals surface area contributed by atoms with Crippen molar-refractivity contribution in [1.82, 2.24) is 9.88 Å². The van der Waals surface area contributed by atoms with Crippen LogP contribution < -0.4 is 15.2 Å². The molecule has 1 aromatic heterocycles. The molecule has 2 aromatic rings. The lowest BCUT2D eigenvalue weighted by molar-refractivity contribution is -0.133. The van der Waals surface area contributed by atoms with Crippen molar-refractivity contribution < 1.29 is 22.3 Å². The van der Waals surface area contributed by atoms with E-state index < -0.39 is 15.8 Å². The number of nitrogens with one attached hydrogen (secondary N) is 1. The van der Waals surface area contributed by atoms with Gasteiger partial charge in [-0.1, -0.05) is 6.92 Å². The van der Waals surface area contributed by atoms with E-state index in [0.717, 1.165) is 31.2 Å². The molecular formula is C23H29FN4O4S. The summed E-state index contributed by atoms with van der Waals surface area (Å²) in [5.41, 5.74) is 7.80. The summed E-state index contributed by atoms with van der Waals surface area (Å²) in [6.07, 6.45) is 5.68. The van der Waals surface area contributed by atoms with Crippen molar-refractivity contribution >= 4 is 27.4 Å². The van der Waals surface area contributed by atoms with Gasteiger partial charge in [-0.05, 0) is 61.4 Å². The fourth-order valence-corrected chi connectivity index (χ4v) is 5.49. The lowest BCUT2D eigenvalue weighted by Crippen LogP contribution is -2.31. The quantitative estimate of drug-likeness (QED) is 0.600. The molecule has 10 heteroatoms. The minimum absolute atomic E-state index is 0.00263. The number of pyridine rings is 1. The highest BCUT2D eigenvalue weighted by molar-refractivity contribution is 7.92. The number of ether oxygens (including phenoxy) is 1. The van der Waals surface area contributed by atoms with E-state index >= 15 is 0 Å². The molecule has 1 aliphatic heterocycles. The van der Waals surface area contributed by atoms with E-state index in [1.165, 1.54) is 19.2 Å². The van der Waals surface area contributed by atoms with E-state index in [2.05, 4.69) is 9.71 Å². The molecule has 178 valence electrons. The summed E-state index contributed by atoms with van der Waals surface area (Å²) in [5.74, 6) is -0.532. The normalized spacial score (nSPS) is 18.4. The maximum Gasteiger partial charge on any atom is 0.232 e. The topological polar surface area (TPSA) is 115 Å². The third-order valence-corrected chi connectivity index (χ3v) is 7.56. The van der Waals surface area contributed by atoms with Crippen molar-refractivity contribution in [3.8, 4) is 16.9 Å². The highest BCUT2D eigenvalue weighted by Gasteiger charge is 2.39. The zero-order chi connectivity index (χ0) is 23.8. The molecule has 1 saturated carbocycles. The highest BCUT2D eigenvalue weighted by Crippen LogP contribution is 2.41. The van der Waals surface area contributed by atoms with Gasteiger partial charge in [0.25, 0.3) is 0 Å². The molecule has 0 spiro atoms. The van der Waals surface area contributed by atoms with Crippen molar-refractivity contribution in [1.29, 1.82) is 0 Å². The Morgan fingerprint density at radius 3 is 2.73 bits per heavy atom. The monoisotopic (exact) mass is 476 g/mol. The largest absolute Gasteiger partial charge is 0.492 e. The number of methoxy groups -OCH3 is 1. The number of hydrogen-bond acceptors (Lipinski definition) is 6. The van der Waals surface area contributed by atoms with Gasteiger partial charge in [-0.15, -0.1) is 0 Å². The molecule has 1 amide bonds. The van der Waals surface area contributed by atoms with Crippen molar-refractivity contribution in [2.24, 2.45) is 5.92 Å². The Morgan fingerprint density at radius 2 is 2.06 bits per heavy atom. The van der Waals surface area contributed by atoms with Gasteiger partial charge in [0, 0.05) is 24.2 Å². The summed E-state index contributed by atoms with van der Waals surface area (Å²) in [7, 11) is -2.40. The average molecular weight is 477 g/mol. The number of aromatic nitrogens is 1. The van der Waals surface area contributed by atoms with Crippen LogP contribution in [0.3, 0.4) is 0 Å². The van der Waals surface area contributed by atoms with Crippen LogP contribution in [-0.4, -0.2) is 43.6 Å². The maximum absolute atomic E-state index is 14.9. The molecule has 33 heavy (non-hydrogen) atoms. The highest BCUT2D eigenvalue weighted by atomic mass is 32.2. The number of nitrogens with zero attached hydrogens (tertiary/aromatic N) is 2. The number of rotatable bonds is 8. The lowest BCUT2D eigenvalue weighted by atomic mass is 9.99. The van der Waals surface area contributed by atoms with Crippen LogP contribution in [0.1, 0.15) is 50.6 Å². The van der Waals surface area contributed by atoms with Gasteiger partial charge in [0.1, 0.15) is 5.82 Å².